The average molecular weight is 345 g/mol. The first-order valence-electron chi connectivity index (χ1n) is 9.20. The molecule has 0 spiro atoms. The van der Waals surface area contributed by atoms with Gasteiger partial charge in [0, 0.05) is 24.8 Å². The number of amides is 1. The number of para-hydroxylation sites is 1. The normalized spacial score (nSPS) is 25.8. The van der Waals surface area contributed by atoms with E-state index in [1.54, 1.807) is 0 Å². The molecule has 5 heteroatoms. The fourth-order valence-corrected chi connectivity index (χ4v) is 3.52. The molecule has 0 bridgehead atoms. The first-order valence-corrected chi connectivity index (χ1v) is 9.20. The predicted octanol–water partition coefficient (Wildman–Crippen LogP) is 3.32. The van der Waals surface area contributed by atoms with Crippen LogP contribution in [0.5, 0.6) is 0 Å². The zero-order valence-electron chi connectivity index (χ0n) is 14.7. The molecule has 25 heavy (non-hydrogen) atoms. The van der Waals surface area contributed by atoms with Gasteiger partial charge < -0.3 is 19.9 Å². The fourth-order valence-electron chi connectivity index (χ4n) is 3.52. The highest BCUT2D eigenvalue weighted by Crippen LogP contribution is 2.47. The number of aliphatic hydroxyl groups excluding tert-OH is 1. The number of anilines is 1. The Morgan fingerprint density at radius 1 is 1.32 bits per heavy atom. The lowest BCUT2D eigenvalue weighted by atomic mass is 9.82. The number of hydrogen-bond donors (Lipinski definition) is 2. The first-order chi connectivity index (χ1) is 12.2. The minimum atomic E-state index is -0.427. The van der Waals surface area contributed by atoms with E-state index in [-0.39, 0.29) is 24.3 Å². The fraction of sp³-hybridized carbons (Fsp3) is 0.550. The second-order valence-corrected chi connectivity index (χ2v) is 6.74. The van der Waals surface area contributed by atoms with Crippen molar-refractivity contribution in [2.45, 2.75) is 38.9 Å². The van der Waals surface area contributed by atoms with E-state index in [0.29, 0.717) is 18.3 Å². The van der Waals surface area contributed by atoms with Gasteiger partial charge in [0.15, 0.2) is 5.76 Å². The van der Waals surface area contributed by atoms with Crippen LogP contribution < -0.4 is 5.32 Å². The third-order valence-corrected chi connectivity index (χ3v) is 4.88. The maximum atomic E-state index is 12.6. The van der Waals surface area contributed by atoms with Crippen molar-refractivity contribution in [1.82, 2.24) is 0 Å². The van der Waals surface area contributed by atoms with Crippen LogP contribution in [0.1, 0.15) is 32.6 Å². The summed E-state index contributed by atoms with van der Waals surface area (Å²) in [4.78, 5) is 12.6. The van der Waals surface area contributed by atoms with Crippen molar-refractivity contribution < 1.29 is 19.4 Å². The Morgan fingerprint density at radius 2 is 2.08 bits per heavy atom. The number of carbonyl (C=O) groups is 1. The van der Waals surface area contributed by atoms with Crippen molar-refractivity contribution in [2.75, 3.05) is 18.5 Å². The van der Waals surface area contributed by atoms with Gasteiger partial charge in [-0.1, -0.05) is 18.2 Å². The van der Waals surface area contributed by atoms with E-state index < -0.39 is 6.29 Å². The van der Waals surface area contributed by atoms with Crippen LogP contribution in [-0.4, -0.2) is 30.5 Å². The Morgan fingerprint density at radius 3 is 2.72 bits per heavy atom. The number of benzene rings is 1. The van der Waals surface area contributed by atoms with E-state index >= 15 is 0 Å². The number of nitrogens with one attached hydrogen (secondary N) is 1. The molecule has 3 rings (SSSR count). The van der Waals surface area contributed by atoms with Gasteiger partial charge in [-0.2, -0.15) is 0 Å². The second kappa shape index (κ2) is 8.50. The van der Waals surface area contributed by atoms with Crippen LogP contribution in [0.15, 0.2) is 42.2 Å². The Hall–Kier alpha value is -1.85. The van der Waals surface area contributed by atoms with Gasteiger partial charge in [-0.3, -0.25) is 4.79 Å². The largest absolute Gasteiger partial charge is 0.459 e. The van der Waals surface area contributed by atoms with Crippen molar-refractivity contribution in [1.29, 1.82) is 0 Å². The van der Waals surface area contributed by atoms with Gasteiger partial charge in [0.1, 0.15) is 0 Å². The quantitative estimate of drug-likeness (QED) is 0.758. The van der Waals surface area contributed by atoms with Crippen LogP contribution in [0.25, 0.3) is 0 Å². The molecule has 5 nitrogen and oxygen atoms in total. The van der Waals surface area contributed by atoms with Gasteiger partial charge in [-0.15, -0.1) is 0 Å². The summed E-state index contributed by atoms with van der Waals surface area (Å²) in [5.41, 5.74) is 0.746. The van der Waals surface area contributed by atoms with E-state index in [2.05, 4.69) is 5.32 Å². The van der Waals surface area contributed by atoms with Crippen molar-refractivity contribution in [3.05, 3.63) is 42.2 Å². The summed E-state index contributed by atoms with van der Waals surface area (Å²) < 4.78 is 11.7. The van der Waals surface area contributed by atoms with Crippen molar-refractivity contribution in [3.63, 3.8) is 0 Å². The van der Waals surface area contributed by atoms with E-state index in [1.807, 2.05) is 43.3 Å². The standard InChI is InChI=1S/C20H27NO4/c1-2-24-20-16(9-6-12-22)17(14-10-11-14)13-18(25-20)19(23)21-15-7-4-3-5-8-15/h3-5,7-8,13-14,16-17,20,22H,2,6,9-12H2,1H3,(H,21,23)/t16-,17+,20+/m1/s1. The molecule has 0 aromatic heterocycles. The zero-order chi connectivity index (χ0) is 17.6. The lowest BCUT2D eigenvalue weighted by Crippen LogP contribution is -2.39. The summed E-state index contributed by atoms with van der Waals surface area (Å²) in [6, 6.07) is 9.37. The van der Waals surface area contributed by atoms with Crippen molar-refractivity contribution >= 4 is 11.6 Å². The molecule has 1 saturated carbocycles. The maximum Gasteiger partial charge on any atom is 0.290 e. The molecule has 3 atom stereocenters. The van der Waals surface area contributed by atoms with Crippen LogP contribution in [0.2, 0.25) is 0 Å². The molecule has 1 amide bonds. The number of rotatable bonds is 8. The zero-order valence-corrected chi connectivity index (χ0v) is 14.7. The monoisotopic (exact) mass is 345 g/mol. The minimum Gasteiger partial charge on any atom is -0.459 e. The van der Waals surface area contributed by atoms with Gasteiger partial charge in [0.05, 0.1) is 0 Å². The number of aliphatic hydroxyl groups is 1. The van der Waals surface area contributed by atoms with E-state index in [1.165, 1.54) is 12.8 Å². The summed E-state index contributed by atoms with van der Waals surface area (Å²) in [5.74, 6) is 1.16. The minimum absolute atomic E-state index is 0.164. The highest BCUT2D eigenvalue weighted by atomic mass is 16.7. The van der Waals surface area contributed by atoms with Crippen LogP contribution in [0, 0.1) is 17.8 Å². The molecule has 2 aliphatic rings. The molecule has 1 aliphatic carbocycles. The molecular formula is C20H27NO4. The maximum absolute atomic E-state index is 12.6. The molecule has 1 fully saturated rings. The molecule has 1 aliphatic heterocycles. The van der Waals surface area contributed by atoms with E-state index in [4.69, 9.17) is 9.47 Å². The molecular weight excluding hydrogens is 318 g/mol. The third-order valence-electron chi connectivity index (χ3n) is 4.88. The first kappa shape index (κ1) is 18.0. The van der Waals surface area contributed by atoms with Crippen LogP contribution in [-0.2, 0) is 14.3 Å². The lowest BCUT2D eigenvalue weighted by Gasteiger charge is -2.37. The molecule has 0 saturated heterocycles. The Balaban J connectivity index is 1.77. The van der Waals surface area contributed by atoms with Crippen LogP contribution in [0.4, 0.5) is 5.69 Å². The van der Waals surface area contributed by atoms with Crippen LogP contribution >= 0.6 is 0 Å². The van der Waals surface area contributed by atoms with Gasteiger partial charge in [0.2, 0.25) is 6.29 Å². The SMILES string of the molecule is CCO[C@H]1OC(C(=O)Nc2ccccc2)=C[C@@H](C2CC2)[C@H]1CCCO. The third kappa shape index (κ3) is 4.61. The van der Waals surface area contributed by atoms with E-state index in [0.717, 1.165) is 18.5 Å². The van der Waals surface area contributed by atoms with Crippen molar-refractivity contribution in [2.24, 2.45) is 17.8 Å². The van der Waals surface area contributed by atoms with E-state index in [9.17, 15) is 9.90 Å². The number of allylic oxidation sites excluding steroid dienone is 1. The average Bonchev–Trinajstić information content (AvgIpc) is 3.46. The van der Waals surface area contributed by atoms with Crippen LogP contribution in [0.3, 0.4) is 0 Å². The topological polar surface area (TPSA) is 67.8 Å². The van der Waals surface area contributed by atoms with Gasteiger partial charge in [0.25, 0.3) is 5.91 Å². The number of ether oxygens (including phenoxy) is 2. The predicted molar refractivity (Wildman–Crippen MR) is 95.7 cm³/mol. The summed E-state index contributed by atoms with van der Waals surface area (Å²) >= 11 is 0. The smallest absolute Gasteiger partial charge is 0.290 e. The van der Waals surface area contributed by atoms with Gasteiger partial charge in [-0.05, 0) is 62.7 Å². The molecule has 2 N–H and O–H groups in total. The molecule has 1 aromatic rings. The summed E-state index contributed by atoms with van der Waals surface area (Å²) in [5, 5.41) is 12.1. The molecule has 1 aromatic carbocycles. The second-order valence-electron chi connectivity index (χ2n) is 6.74. The summed E-state index contributed by atoms with van der Waals surface area (Å²) in [7, 11) is 0. The van der Waals surface area contributed by atoms with Gasteiger partial charge in [-0.25, -0.2) is 0 Å². The highest BCUT2D eigenvalue weighted by Gasteiger charge is 2.43. The van der Waals surface area contributed by atoms with Crippen molar-refractivity contribution in [3.8, 4) is 0 Å². The number of carbonyl (C=O) groups excluding carboxylic acids is 1. The highest BCUT2D eigenvalue weighted by molar-refractivity contribution is 6.02. The molecule has 0 unspecified atom stereocenters. The summed E-state index contributed by atoms with van der Waals surface area (Å²) in [6.45, 7) is 2.63. The Bertz CT molecular complexity index is 597. The lowest BCUT2D eigenvalue weighted by molar-refractivity contribution is -0.172. The molecule has 0 radical (unpaired) electrons. The Kier molecular flexibility index (Phi) is 6.10. The molecule has 1 heterocycles. The Labute approximate surface area is 149 Å². The summed E-state index contributed by atoms with van der Waals surface area (Å²) in [6.07, 6.45) is 5.48. The molecule has 136 valence electrons. The van der Waals surface area contributed by atoms with Gasteiger partial charge >= 0.3 is 0 Å². The number of hydrogen-bond acceptors (Lipinski definition) is 4.